The Morgan fingerprint density at radius 2 is 1.64 bits per heavy atom. The Hall–Kier alpha value is -4.90. The molecule has 1 aromatic heterocycles. The molecule has 0 bridgehead atoms. The number of nitrogens with zero attached hydrogens (tertiary/aromatic N) is 4. The maximum atomic E-state index is 12.9. The number of urea groups is 1. The molecule has 2 aliphatic rings. The van der Waals surface area contributed by atoms with Crippen LogP contribution < -0.4 is 30.1 Å². The van der Waals surface area contributed by atoms with Gasteiger partial charge in [0, 0.05) is 74.8 Å². The highest BCUT2D eigenvalue weighted by atomic mass is 16.5. The summed E-state index contributed by atoms with van der Waals surface area (Å²) in [6, 6.07) is 19.0. The number of anilines is 2. The molecule has 4 aromatic rings. The number of rotatable bonds is 7. The lowest BCUT2D eigenvalue weighted by Crippen LogP contribution is -2.49. The first-order valence-corrected chi connectivity index (χ1v) is 13.9. The van der Waals surface area contributed by atoms with Crippen LogP contribution in [0.4, 0.5) is 16.2 Å². The average molecular weight is 569 g/mol. The fraction of sp³-hybridized carbons (Fsp3) is 0.290. The maximum absolute atomic E-state index is 12.9. The van der Waals surface area contributed by atoms with E-state index in [0.29, 0.717) is 41.2 Å². The van der Waals surface area contributed by atoms with Crippen molar-refractivity contribution in [3.8, 4) is 22.9 Å². The van der Waals surface area contributed by atoms with Gasteiger partial charge in [-0.05, 0) is 42.0 Å². The molecule has 0 spiro atoms. The molecule has 0 saturated carbocycles. The van der Waals surface area contributed by atoms with Gasteiger partial charge in [-0.25, -0.2) is 9.78 Å². The zero-order valence-electron chi connectivity index (χ0n) is 23.6. The number of fused-ring (bicyclic) bond motifs is 1. The molecule has 2 aliphatic heterocycles. The molecule has 3 amide bonds. The molecule has 2 fully saturated rings. The predicted molar refractivity (Wildman–Crippen MR) is 160 cm³/mol. The van der Waals surface area contributed by atoms with E-state index in [2.05, 4.69) is 43.3 Å². The highest BCUT2D eigenvalue weighted by Gasteiger charge is 2.25. The van der Waals surface area contributed by atoms with Crippen molar-refractivity contribution in [1.82, 2.24) is 20.2 Å². The van der Waals surface area contributed by atoms with Crippen LogP contribution in [0.1, 0.15) is 12.0 Å². The zero-order chi connectivity index (χ0) is 29.2. The van der Waals surface area contributed by atoms with Crippen molar-refractivity contribution in [2.45, 2.75) is 13.0 Å². The van der Waals surface area contributed by atoms with Gasteiger partial charge >= 0.3 is 6.03 Å². The van der Waals surface area contributed by atoms with E-state index in [1.807, 2.05) is 30.3 Å². The summed E-state index contributed by atoms with van der Waals surface area (Å²) in [5, 5.41) is 2.77. The van der Waals surface area contributed by atoms with E-state index in [-0.39, 0.29) is 17.5 Å². The Labute approximate surface area is 242 Å². The van der Waals surface area contributed by atoms with Crippen molar-refractivity contribution < 1.29 is 19.1 Å². The van der Waals surface area contributed by atoms with Crippen molar-refractivity contribution in [2.75, 3.05) is 56.7 Å². The number of imide groups is 1. The van der Waals surface area contributed by atoms with Gasteiger partial charge in [-0.2, -0.15) is 0 Å². The van der Waals surface area contributed by atoms with Crippen LogP contribution in [0.5, 0.6) is 11.5 Å². The minimum atomic E-state index is -0.369. The number of amides is 3. The number of hydrogen-bond acceptors (Lipinski definition) is 8. The molecular formula is C31H32N6O5. The summed E-state index contributed by atoms with van der Waals surface area (Å²) in [6.45, 7) is 4.72. The van der Waals surface area contributed by atoms with Gasteiger partial charge in [0.15, 0.2) is 0 Å². The van der Waals surface area contributed by atoms with Gasteiger partial charge in [-0.15, -0.1) is 0 Å². The van der Waals surface area contributed by atoms with Crippen molar-refractivity contribution in [3.05, 3.63) is 76.6 Å². The van der Waals surface area contributed by atoms with Crippen LogP contribution >= 0.6 is 0 Å². The number of ether oxygens (including phenoxy) is 2. The molecule has 216 valence electrons. The quantitative estimate of drug-likeness (QED) is 0.348. The zero-order valence-corrected chi connectivity index (χ0v) is 23.6. The number of aromatic amines is 1. The number of H-pyrrole nitrogens is 1. The van der Waals surface area contributed by atoms with E-state index in [4.69, 9.17) is 9.47 Å². The Morgan fingerprint density at radius 3 is 2.36 bits per heavy atom. The van der Waals surface area contributed by atoms with Gasteiger partial charge in [0.1, 0.15) is 22.7 Å². The number of carbonyl (C=O) groups excluding carboxylic acids is 2. The monoisotopic (exact) mass is 568 g/mol. The van der Waals surface area contributed by atoms with Crippen LogP contribution in [-0.4, -0.2) is 73.7 Å². The first-order chi connectivity index (χ1) is 20.4. The molecule has 2 saturated heterocycles. The molecule has 0 atom stereocenters. The standard InChI is InChI=1S/C31H32N6O5/c1-41-24-17-25-28(26(18-24)42-2)30(39)34-29(32-25)21-6-8-22(9-7-21)36-14-12-35(13-15-36)19-20-4-3-5-23(16-20)37-11-10-27(38)33-31(37)40/h3-9,16-18H,10-15,19H2,1-2H3,(H,32,34,39)(H,33,38,40). The molecule has 0 aliphatic carbocycles. The minimum absolute atomic E-state index is 0.234. The van der Waals surface area contributed by atoms with Crippen LogP contribution in [0.2, 0.25) is 0 Å². The van der Waals surface area contributed by atoms with Crippen LogP contribution in [0.25, 0.3) is 22.3 Å². The fourth-order valence-corrected chi connectivity index (χ4v) is 5.51. The fourth-order valence-electron chi connectivity index (χ4n) is 5.51. The lowest BCUT2D eigenvalue weighted by Gasteiger charge is -2.36. The first-order valence-electron chi connectivity index (χ1n) is 13.9. The Bertz CT molecular complexity index is 1690. The van der Waals surface area contributed by atoms with Crippen LogP contribution in [0, 0.1) is 0 Å². The van der Waals surface area contributed by atoms with Gasteiger partial charge in [0.05, 0.1) is 19.7 Å². The molecule has 2 N–H and O–H groups in total. The summed E-state index contributed by atoms with van der Waals surface area (Å²) in [6.07, 6.45) is 0.306. The van der Waals surface area contributed by atoms with Crippen LogP contribution in [0.15, 0.2) is 65.5 Å². The van der Waals surface area contributed by atoms with Gasteiger partial charge in [0.2, 0.25) is 5.91 Å². The SMILES string of the molecule is COc1cc(OC)c2c(=O)[nH]c(-c3ccc(N4CCN(Cc5cccc(N6CCC(=O)NC6=O)c5)CC4)cc3)nc2c1. The lowest BCUT2D eigenvalue weighted by atomic mass is 10.1. The molecular weight excluding hydrogens is 536 g/mol. The van der Waals surface area contributed by atoms with E-state index >= 15 is 0 Å². The van der Waals surface area contributed by atoms with Crippen molar-refractivity contribution >= 4 is 34.2 Å². The average Bonchev–Trinajstić information content (AvgIpc) is 3.01. The van der Waals surface area contributed by atoms with Crippen molar-refractivity contribution in [2.24, 2.45) is 0 Å². The molecule has 11 nitrogen and oxygen atoms in total. The Kier molecular flexibility index (Phi) is 7.49. The third-order valence-electron chi connectivity index (χ3n) is 7.76. The second kappa shape index (κ2) is 11.5. The third kappa shape index (κ3) is 5.51. The summed E-state index contributed by atoms with van der Waals surface area (Å²) in [5.41, 5.74) is 4.08. The summed E-state index contributed by atoms with van der Waals surface area (Å²) >= 11 is 0. The van der Waals surface area contributed by atoms with Gasteiger partial charge in [-0.3, -0.25) is 24.7 Å². The number of piperazine rings is 1. The number of nitrogens with one attached hydrogen (secondary N) is 2. The summed E-state index contributed by atoms with van der Waals surface area (Å²) in [4.78, 5) is 50.6. The number of carbonyl (C=O) groups is 2. The minimum Gasteiger partial charge on any atom is -0.497 e. The highest BCUT2D eigenvalue weighted by molar-refractivity contribution is 6.05. The van der Waals surface area contributed by atoms with Crippen molar-refractivity contribution in [3.63, 3.8) is 0 Å². The molecule has 0 unspecified atom stereocenters. The highest BCUT2D eigenvalue weighted by Crippen LogP contribution is 2.29. The summed E-state index contributed by atoms with van der Waals surface area (Å²) in [5.74, 6) is 1.23. The lowest BCUT2D eigenvalue weighted by molar-refractivity contribution is -0.120. The normalized spacial score (nSPS) is 16.0. The Morgan fingerprint density at radius 1 is 0.857 bits per heavy atom. The number of hydrogen-bond donors (Lipinski definition) is 2. The molecule has 3 heterocycles. The molecule has 3 aromatic carbocycles. The number of aromatic nitrogens is 2. The molecule has 11 heteroatoms. The van der Waals surface area contributed by atoms with E-state index in [1.54, 1.807) is 24.1 Å². The van der Waals surface area contributed by atoms with Gasteiger partial charge in [0.25, 0.3) is 5.56 Å². The molecule has 6 rings (SSSR count). The van der Waals surface area contributed by atoms with E-state index < -0.39 is 0 Å². The number of benzene rings is 3. The van der Waals surface area contributed by atoms with Gasteiger partial charge < -0.3 is 19.4 Å². The van der Waals surface area contributed by atoms with E-state index in [9.17, 15) is 14.4 Å². The number of methoxy groups -OCH3 is 2. The van der Waals surface area contributed by atoms with Crippen LogP contribution in [-0.2, 0) is 11.3 Å². The summed E-state index contributed by atoms with van der Waals surface area (Å²) in [7, 11) is 3.08. The second-order valence-electron chi connectivity index (χ2n) is 10.4. The molecule has 0 radical (unpaired) electrons. The van der Waals surface area contributed by atoms with Crippen LogP contribution in [0.3, 0.4) is 0 Å². The maximum Gasteiger partial charge on any atom is 0.328 e. The van der Waals surface area contributed by atoms with Crippen molar-refractivity contribution in [1.29, 1.82) is 0 Å². The van der Waals surface area contributed by atoms with E-state index in [0.717, 1.165) is 55.2 Å². The first kappa shape index (κ1) is 27.3. The molecule has 42 heavy (non-hydrogen) atoms. The largest absolute Gasteiger partial charge is 0.497 e. The topological polar surface area (TPSA) is 120 Å². The second-order valence-corrected chi connectivity index (χ2v) is 10.4. The van der Waals surface area contributed by atoms with E-state index in [1.165, 1.54) is 7.11 Å². The third-order valence-corrected chi connectivity index (χ3v) is 7.76. The van der Waals surface area contributed by atoms with Gasteiger partial charge in [-0.1, -0.05) is 12.1 Å². The Balaban J connectivity index is 1.10. The predicted octanol–water partition coefficient (Wildman–Crippen LogP) is 3.38. The summed E-state index contributed by atoms with van der Waals surface area (Å²) < 4.78 is 10.7. The smallest absolute Gasteiger partial charge is 0.328 e.